The first kappa shape index (κ1) is 18.5. The lowest BCUT2D eigenvalue weighted by molar-refractivity contribution is -0.111. The number of carbonyl (C=O) groups excluding carboxylic acids is 2. The third-order valence-corrected chi connectivity index (χ3v) is 3.16. The second-order valence-corrected chi connectivity index (χ2v) is 5.40. The Morgan fingerprint density at radius 2 is 1.92 bits per heavy atom. The Bertz CT molecular complexity index is 632. The maximum atomic E-state index is 11.9. The van der Waals surface area contributed by atoms with Crippen LogP contribution in [-0.2, 0) is 9.53 Å². The van der Waals surface area contributed by atoms with Gasteiger partial charge >= 0.3 is 11.9 Å². The number of carbonyl (C=O) groups is 2. The van der Waals surface area contributed by atoms with E-state index in [0.717, 1.165) is 4.90 Å². The Morgan fingerprint density at radius 3 is 2.46 bits per heavy atom. The molecule has 1 fully saturated rings. The number of hydrogen-bond acceptors (Lipinski definition) is 10. The van der Waals surface area contributed by atoms with Gasteiger partial charge in [0.05, 0.1) is 12.7 Å². The fourth-order valence-electron chi connectivity index (χ4n) is 2.24. The van der Waals surface area contributed by atoms with E-state index in [1.165, 1.54) is 0 Å². The molecule has 14 heteroatoms. The van der Waals surface area contributed by atoms with Gasteiger partial charge in [-0.1, -0.05) is 0 Å². The second-order valence-electron chi connectivity index (χ2n) is 4.76. The highest BCUT2D eigenvalue weighted by Gasteiger charge is 2.46. The van der Waals surface area contributed by atoms with Gasteiger partial charge in [0.1, 0.15) is 12.3 Å². The van der Waals surface area contributed by atoms with Crippen LogP contribution in [0.3, 0.4) is 0 Å². The number of fused-ring (bicyclic) bond motifs is 1. The van der Waals surface area contributed by atoms with E-state index in [-0.39, 0.29) is 30.5 Å². The van der Waals surface area contributed by atoms with Crippen molar-refractivity contribution in [2.75, 3.05) is 6.61 Å². The molecule has 0 radical (unpaired) electrons. The highest BCUT2D eigenvalue weighted by molar-refractivity contribution is 7.42. The molecular weight excluding hydrogens is 347 g/mol. The van der Waals surface area contributed by atoms with Crippen molar-refractivity contribution in [1.82, 2.24) is 4.90 Å². The molecule has 3 atom stereocenters. The largest absolute Gasteiger partial charge is 0.394 e. The third-order valence-electron chi connectivity index (χ3n) is 3.16. The SMILES string of the molecule is NC1=NC(=O)C2=NC(=O)N([C@H]3C[C@H](O)[C@@H](CO)O3)C2=N1.NP(O)O. The monoisotopic (exact) mass is 362 g/mol. The summed E-state index contributed by atoms with van der Waals surface area (Å²) in [5, 5.41) is 18.7. The number of amides is 3. The van der Waals surface area contributed by atoms with Gasteiger partial charge in [0.2, 0.25) is 14.5 Å². The van der Waals surface area contributed by atoms with Crippen molar-refractivity contribution >= 4 is 38.0 Å². The number of nitrogens with zero attached hydrogens (tertiary/aromatic N) is 4. The molecule has 3 rings (SSSR count). The van der Waals surface area contributed by atoms with E-state index in [4.69, 9.17) is 25.4 Å². The number of aliphatic hydroxyl groups is 2. The summed E-state index contributed by atoms with van der Waals surface area (Å²) < 4.78 is 5.36. The predicted octanol–water partition coefficient (Wildman–Crippen LogP) is -3.26. The van der Waals surface area contributed by atoms with Gasteiger partial charge in [-0.15, -0.1) is 0 Å². The normalized spacial score (nSPS) is 29.0. The van der Waals surface area contributed by atoms with Crippen LogP contribution in [0.1, 0.15) is 6.42 Å². The quantitative estimate of drug-likeness (QED) is 0.271. The average molecular weight is 362 g/mol. The first-order valence-electron chi connectivity index (χ1n) is 6.51. The average Bonchev–Trinajstić information content (AvgIpc) is 2.98. The lowest BCUT2D eigenvalue weighted by Gasteiger charge is -2.23. The lowest BCUT2D eigenvalue weighted by atomic mass is 10.2. The van der Waals surface area contributed by atoms with Gasteiger partial charge in [0.15, 0.2) is 11.5 Å². The van der Waals surface area contributed by atoms with Crippen molar-refractivity contribution in [2.24, 2.45) is 26.2 Å². The summed E-state index contributed by atoms with van der Waals surface area (Å²) in [4.78, 5) is 50.2. The van der Waals surface area contributed by atoms with E-state index in [1.807, 2.05) is 0 Å². The van der Waals surface area contributed by atoms with E-state index in [0.29, 0.717) is 0 Å². The smallest absolute Gasteiger partial charge is 0.352 e. The van der Waals surface area contributed by atoms with Crippen molar-refractivity contribution in [3.8, 4) is 0 Å². The summed E-state index contributed by atoms with van der Waals surface area (Å²) >= 11 is 0. The number of aliphatic imine (C=N–C) groups is 3. The lowest BCUT2D eigenvalue weighted by Crippen LogP contribution is -2.45. The van der Waals surface area contributed by atoms with E-state index >= 15 is 0 Å². The second kappa shape index (κ2) is 7.36. The molecule has 24 heavy (non-hydrogen) atoms. The molecule has 1 saturated heterocycles. The molecule has 13 nitrogen and oxygen atoms in total. The molecular formula is C10H15N6O7P. The number of urea groups is 1. The van der Waals surface area contributed by atoms with Gasteiger partial charge in [-0.05, 0) is 0 Å². The first-order chi connectivity index (χ1) is 11.2. The van der Waals surface area contributed by atoms with Crippen molar-refractivity contribution in [3.05, 3.63) is 0 Å². The van der Waals surface area contributed by atoms with Crippen molar-refractivity contribution in [1.29, 1.82) is 0 Å². The van der Waals surface area contributed by atoms with Crippen molar-refractivity contribution in [2.45, 2.75) is 24.9 Å². The Balaban J connectivity index is 0.000000471. The molecule has 3 aliphatic rings. The van der Waals surface area contributed by atoms with Gasteiger partial charge in [0.25, 0.3) is 0 Å². The van der Waals surface area contributed by atoms with E-state index < -0.39 is 38.9 Å². The zero-order chi connectivity index (χ0) is 18.0. The Hall–Kier alpha value is -1.86. The molecule has 0 aromatic heterocycles. The Labute approximate surface area is 135 Å². The van der Waals surface area contributed by atoms with E-state index in [2.05, 4.69) is 20.5 Å². The molecule has 3 aliphatic heterocycles. The zero-order valence-corrected chi connectivity index (χ0v) is 12.9. The molecule has 8 N–H and O–H groups in total. The van der Waals surface area contributed by atoms with E-state index in [1.54, 1.807) is 0 Å². The highest BCUT2D eigenvalue weighted by Crippen LogP contribution is 2.27. The standard InChI is InChI=1S/C10H11N5O5.H4NO2P/c11-9-13-7-6(8(18)14-9)12-10(19)15(7)5-1-3(17)4(2-16)20-5;1-4(2)3/h3-5,16-17H,1-2H2,(H2,11,14,18);2-3H,1H2/t3-,4+,5+;/m0./s1. The molecule has 0 spiro atoms. The number of ether oxygens (including phenoxy) is 1. The molecule has 0 saturated carbocycles. The Morgan fingerprint density at radius 1 is 1.29 bits per heavy atom. The summed E-state index contributed by atoms with van der Waals surface area (Å²) in [5.41, 5.74) is 9.47. The predicted molar refractivity (Wildman–Crippen MR) is 80.6 cm³/mol. The first-order valence-corrected chi connectivity index (χ1v) is 7.82. The van der Waals surface area contributed by atoms with Gasteiger partial charge in [-0.3, -0.25) is 10.3 Å². The molecule has 3 heterocycles. The van der Waals surface area contributed by atoms with Crippen LogP contribution >= 0.6 is 8.53 Å². The minimum absolute atomic E-state index is 0.0386. The number of guanidine groups is 1. The van der Waals surface area contributed by atoms with Crippen LogP contribution in [0.4, 0.5) is 4.79 Å². The number of amidine groups is 1. The molecule has 132 valence electrons. The molecule has 0 aromatic carbocycles. The van der Waals surface area contributed by atoms with Crippen molar-refractivity contribution in [3.63, 3.8) is 0 Å². The number of rotatable bonds is 2. The summed E-state index contributed by atoms with van der Waals surface area (Å²) in [7, 11) is -2.12. The summed E-state index contributed by atoms with van der Waals surface area (Å²) in [6, 6.07) is -0.743. The van der Waals surface area contributed by atoms with Crippen LogP contribution in [0.2, 0.25) is 0 Å². The summed E-state index contributed by atoms with van der Waals surface area (Å²) in [6.07, 6.45) is -2.52. The van der Waals surface area contributed by atoms with Gasteiger partial charge in [0, 0.05) is 6.42 Å². The van der Waals surface area contributed by atoms with Crippen LogP contribution in [0.25, 0.3) is 0 Å². The van der Waals surface area contributed by atoms with Gasteiger partial charge < -0.3 is 30.5 Å². The summed E-state index contributed by atoms with van der Waals surface area (Å²) in [5.74, 6) is -1.07. The fourth-order valence-corrected chi connectivity index (χ4v) is 2.24. The molecule has 0 unspecified atom stereocenters. The minimum atomic E-state index is -2.12. The molecule has 0 aliphatic carbocycles. The maximum absolute atomic E-state index is 11.9. The van der Waals surface area contributed by atoms with Crippen LogP contribution in [0, 0.1) is 0 Å². The summed E-state index contributed by atoms with van der Waals surface area (Å²) in [6.45, 7) is -0.386. The van der Waals surface area contributed by atoms with Gasteiger partial charge in [-0.2, -0.15) is 15.0 Å². The minimum Gasteiger partial charge on any atom is -0.394 e. The number of hydrogen-bond donors (Lipinski definition) is 6. The highest BCUT2D eigenvalue weighted by atomic mass is 31.2. The zero-order valence-electron chi connectivity index (χ0n) is 12.1. The van der Waals surface area contributed by atoms with E-state index in [9.17, 15) is 14.7 Å². The van der Waals surface area contributed by atoms with Crippen LogP contribution in [0.5, 0.6) is 0 Å². The maximum Gasteiger partial charge on any atom is 0.352 e. The number of aliphatic hydroxyl groups excluding tert-OH is 2. The number of nitrogens with two attached hydrogens (primary N) is 2. The van der Waals surface area contributed by atoms with Gasteiger partial charge in [-0.25, -0.2) is 9.69 Å². The topological polar surface area (TPSA) is 217 Å². The molecule has 0 aromatic rings. The Kier molecular flexibility index (Phi) is 5.66. The van der Waals surface area contributed by atoms with Crippen molar-refractivity contribution < 1.29 is 34.3 Å². The van der Waals surface area contributed by atoms with Crippen LogP contribution in [0.15, 0.2) is 15.0 Å². The van der Waals surface area contributed by atoms with Crippen LogP contribution < -0.4 is 11.2 Å². The van der Waals surface area contributed by atoms with Crippen LogP contribution in [-0.4, -0.2) is 79.4 Å². The molecule has 3 amide bonds. The fraction of sp³-hybridized carbons (Fsp3) is 0.500. The third kappa shape index (κ3) is 3.79. The molecule has 0 bridgehead atoms.